The van der Waals surface area contributed by atoms with Crippen molar-refractivity contribution in [2.24, 2.45) is 0 Å². The standard InChI is InChI=1S/C15H17N5/c1-4-17-15-18-9-11(3)14(20-15)19-13-7-12(8-16)6-5-10(13)2/h5-7,9H,4H2,1-3H3,(H2,17,18,19,20). The third kappa shape index (κ3) is 3.04. The van der Waals surface area contributed by atoms with E-state index in [9.17, 15) is 0 Å². The molecule has 0 aliphatic carbocycles. The van der Waals surface area contributed by atoms with Crippen molar-refractivity contribution >= 4 is 17.5 Å². The van der Waals surface area contributed by atoms with Gasteiger partial charge in [-0.1, -0.05) is 6.07 Å². The Bertz CT molecular complexity index is 658. The molecule has 0 saturated heterocycles. The molecule has 0 radical (unpaired) electrons. The van der Waals surface area contributed by atoms with E-state index in [0.29, 0.717) is 11.5 Å². The van der Waals surface area contributed by atoms with Crippen molar-refractivity contribution in [1.29, 1.82) is 5.26 Å². The SMILES string of the molecule is CCNc1ncc(C)c(Nc2cc(C#N)ccc2C)n1. The number of nitrogens with zero attached hydrogens (tertiary/aromatic N) is 3. The summed E-state index contributed by atoms with van der Waals surface area (Å²) in [6.07, 6.45) is 1.77. The van der Waals surface area contributed by atoms with E-state index in [4.69, 9.17) is 5.26 Å². The van der Waals surface area contributed by atoms with Gasteiger partial charge < -0.3 is 10.6 Å². The van der Waals surface area contributed by atoms with E-state index in [-0.39, 0.29) is 0 Å². The van der Waals surface area contributed by atoms with Gasteiger partial charge in [0, 0.05) is 24.0 Å². The fraction of sp³-hybridized carbons (Fsp3) is 0.267. The Hall–Kier alpha value is -2.61. The highest BCUT2D eigenvalue weighted by molar-refractivity contribution is 5.65. The van der Waals surface area contributed by atoms with Crippen LogP contribution < -0.4 is 10.6 Å². The van der Waals surface area contributed by atoms with E-state index in [2.05, 4.69) is 26.7 Å². The lowest BCUT2D eigenvalue weighted by Gasteiger charge is -2.12. The van der Waals surface area contributed by atoms with Gasteiger partial charge in [-0.15, -0.1) is 0 Å². The van der Waals surface area contributed by atoms with Gasteiger partial charge in [0.25, 0.3) is 0 Å². The third-order valence-electron chi connectivity index (χ3n) is 2.93. The number of aromatic nitrogens is 2. The van der Waals surface area contributed by atoms with Crippen molar-refractivity contribution < 1.29 is 0 Å². The smallest absolute Gasteiger partial charge is 0.224 e. The summed E-state index contributed by atoms with van der Waals surface area (Å²) in [4.78, 5) is 8.65. The maximum atomic E-state index is 8.97. The second-order valence-electron chi connectivity index (χ2n) is 4.52. The summed E-state index contributed by atoms with van der Waals surface area (Å²) in [6, 6.07) is 7.69. The number of rotatable bonds is 4. The molecular weight excluding hydrogens is 250 g/mol. The summed E-state index contributed by atoms with van der Waals surface area (Å²) < 4.78 is 0. The third-order valence-corrected chi connectivity index (χ3v) is 2.93. The minimum absolute atomic E-state index is 0.592. The van der Waals surface area contributed by atoms with Gasteiger partial charge in [0.05, 0.1) is 11.6 Å². The molecule has 1 heterocycles. The summed E-state index contributed by atoms with van der Waals surface area (Å²) in [5, 5.41) is 15.3. The summed E-state index contributed by atoms with van der Waals surface area (Å²) >= 11 is 0. The predicted octanol–water partition coefficient (Wildman–Crippen LogP) is 3.14. The number of benzene rings is 1. The van der Waals surface area contributed by atoms with Crippen LogP contribution in [0.15, 0.2) is 24.4 Å². The molecule has 0 amide bonds. The summed E-state index contributed by atoms with van der Waals surface area (Å²) in [5.74, 6) is 1.34. The van der Waals surface area contributed by atoms with E-state index >= 15 is 0 Å². The van der Waals surface area contributed by atoms with Crippen molar-refractivity contribution in [3.8, 4) is 6.07 Å². The van der Waals surface area contributed by atoms with Crippen molar-refractivity contribution in [2.45, 2.75) is 20.8 Å². The Morgan fingerprint density at radius 1 is 1.25 bits per heavy atom. The first-order valence-corrected chi connectivity index (χ1v) is 6.49. The van der Waals surface area contributed by atoms with Gasteiger partial charge in [0.2, 0.25) is 5.95 Å². The molecule has 0 spiro atoms. The van der Waals surface area contributed by atoms with Crippen LogP contribution in [0.2, 0.25) is 0 Å². The molecule has 20 heavy (non-hydrogen) atoms. The number of nitrogens with one attached hydrogen (secondary N) is 2. The Morgan fingerprint density at radius 2 is 2.05 bits per heavy atom. The molecule has 0 fully saturated rings. The van der Waals surface area contributed by atoms with Gasteiger partial charge in [-0.05, 0) is 38.5 Å². The van der Waals surface area contributed by atoms with Crippen LogP contribution in [0.5, 0.6) is 0 Å². The van der Waals surface area contributed by atoms with Crippen LogP contribution in [0.4, 0.5) is 17.5 Å². The molecule has 0 aliphatic heterocycles. The second kappa shape index (κ2) is 6.02. The van der Waals surface area contributed by atoms with Crippen molar-refractivity contribution in [1.82, 2.24) is 9.97 Å². The summed E-state index contributed by atoms with van der Waals surface area (Å²) in [7, 11) is 0. The topological polar surface area (TPSA) is 73.6 Å². The quantitative estimate of drug-likeness (QED) is 0.890. The highest BCUT2D eigenvalue weighted by atomic mass is 15.1. The highest BCUT2D eigenvalue weighted by Crippen LogP contribution is 2.23. The first-order chi connectivity index (χ1) is 9.63. The normalized spacial score (nSPS) is 9.90. The fourth-order valence-electron chi connectivity index (χ4n) is 1.77. The molecule has 2 rings (SSSR count). The second-order valence-corrected chi connectivity index (χ2v) is 4.52. The molecule has 0 atom stereocenters. The van der Waals surface area contributed by atoms with Crippen LogP contribution in [-0.4, -0.2) is 16.5 Å². The molecule has 0 saturated carbocycles. The van der Waals surface area contributed by atoms with Gasteiger partial charge in [-0.3, -0.25) is 0 Å². The molecule has 0 aliphatic rings. The zero-order valence-corrected chi connectivity index (χ0v) is 11.9. The number of hydrogen-bond donors (Lipinski definition) is 2. The van der Waals surface area contributed by atoms with E-state index in [0.717, 1.165) is 29.2 Å². The monoisotopic (exact) mass is 267 g/mol. The van der Waals surface area contributed by atoms with E-state index in [1.165, 1.54) is 0 Å². The highest BCUT2D eigenvalue weighted by Gasteiger charge is 2.06. The molecule has 1 aromatic carbocycles. The first-order valence-electron chi connectivity index (χ1n) is 6.49. The lowest BCUT2D eigenvalue weighted by Crippen LogP contribution is -2.06. The minimum Gasteiger partial charge on any atom is -0.354 e. The largest absolute Gasteiger partial charge is 0.354 e. The number of aryl methyl sites for hydroxylation is 2. The molecule has 1 aromatic heterocycles. The van der Waals surface area contributed by atoms with Gasteiger partial charge in [-0.25, -0.2) is 4.98 Å². The number of anilines is 3. The predicted molar refractivity (Wildman–Crippen MR) is 80.1 cm³/mol. The molecule has 102 valence electrons. The maximum absolute atomic E-state index is 8.97. The lowest BCUT2D eigenvalue weighted by molar-refractivity contribution is 1.07. The zero-order valence-electron chi connectivity index (χ0n) is 11.9. The van der Waals surface area contributed by atoms with Crippen LogP contribution >= 0.6 is 0 Å². The molecule has 5 nitrogen and oxygen atoms in total. The van der Waals surface area contributed by atoms with Gasteiger partial charge in [0.15, 0.2) is 0 Å². The van der Waals surface area contributed by atoms with Crippen LogP contribution in [0.25, 0.3) is 0 Å². The minimum atomic E-state index is 0.592. The molecule has 2 N–H and O–H groups in total. The van der Waals surface area contributed by atoms with Crippen LogP contribution in [0.1, 0.15) is 23.6 Å². The van der Waals surface area contributed by atoms with Crippen molar-refractivity contribution in [2.75, 3.05) is 17.2 Å². The maximum Gasteiger partial charge on any atom is 0.224 e. The van der Waals surface area contributed by atoms with E-state index in [1.807, 2.05) is 32.9 Å². The van der Waals surface area contributed by atoms with Gasteiger partial charge in [-0.2, -0.15) is 10.2 Å². The van der Waals surface area contributed by atoms with Crippen LogP contribution in [0.3, 0.4) is 0 Å². The Kier molecular flexibility index (Phi) is 4.16. The Labute approximate surface area is 118 Å². The number of hydrogen-bond acceptors (Lipinski definition) is 5. The number of nitriles is 1. The molecule has 5 heteroatoms. The molecule has 0 unspecified atom stereocenters. The van der Waals surface area contributed by atoms with E-state index in [1.54, 1.807) is 12.3 Å². The zero-order chi connectivity index (χ0) is 14.5. The van der Waals surface area contributed by atoms with Gasteiger partial charge >= 0.3 is 0 Å². The van der Waals surface area contributed by atoms with Crippen LogP contribution in [-0.2, 0) is 0 Å². The summed E-state index contributed by atoms with van der Waals surface area (Å²) in [6.45, 7) is 6.70. The van der Waals surface area contributed by atoms with Gasteiger partial charge in [0.1, 0.15) is 5.82 Å². The lowest BCUT2D eigenvalue weighted by atomic mass is 10.1. The molecular formula is C15H17N5. The first kappa shape index (κ1) is 13.8. The molecule has 2 aromatic rings. The Balaban J connectivity index is 2.34. The van der Waals surface area contributed by atoms with Crippen LogP contribution in [0, 0.1) is 25.2 Å². The average molecular weight is 267 g/mol. The Morgan fingerprint density at radius 3 is 2.75 bits per heavy atom. The average Bonchev–Trinajstić information content (AvgIpc) is 2.45. The molecule has 0 bridgehead atoms. The van der Waals surface area contributed by atoms with Crippen molar-refractivity contribution in [3.05, 3.63) is 41.1 Å². The summed E-state index contributed by atoms with van der Waals surface area (Å²) in [5.41, 5.74) is 3.52. The fourth-order valence-corrected chi connectivity index (χ4v) is 1.77. The van der Waals surface area contributed by atoms with Crippen molar-refractivity contribution in [3.63, 3.8) is 0 Å². The van der Waals surface area contributed by atoms with E-state index < -0.39 is 0 Å².